The number of nitrogens with one attached hydrogen (secondary N) is 1. The van der Waals surface area contributed by atoms with Gasteiger partial charge in [-0.25, -0.2) is 4.79 Å². The molecule has 2 rings (SSSR count). The SMILES string of the molecule is CCOC(=O)c1cc([C@H](C)CC(C)(C)C)sc1NC(=O)c1ccccc1OC. The summed E-state index contributed by atoms with van der Waals surface area (Å²) >= 11 is 1.43. The summed E-state index contributed by atoms with van der Waals surface area (Å²) in [4.78, 5) is 26.3. The fourth-order valence-electron chi connectivity index (χ4n) is 3.13. The highest BCUT2D eigenvalue weighted by molar-refractivity contribution is 7.16. The standard InChI is InChI=1S/C22H29NO4S/c1-7-27-21(25)16-12-18(14(2)13-22(3,4)5)28-20(16)23-19(24)15-10-8-9-11-17(15)26-6/h8-12,14H,7,13H2,1-6H3,(H,23,24)/t14-/m1/s1. The number of para-hydroxylation sites is 1. The van der Waals surface area contributed by atoms with Crippen LogP contribution in [0.15, 0.2) is 30.3 Å². The zero-order valence-electron chi connectivity index (χ0n) is 17.4. The van der Waals surface area contributed by atoms with Crippen LogP contribution in [0.4, 0.5) is 5.00 Å². The van der Waals surface area contributed by atoms with Crippen molar-refractivity contribution in [3.05, 3.63) is 46.3 Å². The number of amides is 1. The van der Waals surface area contributed by atoms with Crippen molar-refractivity contribution in [1.29, 1.82) is 0 Å². The van der Waals surface area contributed by atoms with Crippen LogP contribution in [-0.4, -0.2) is 25.6 Å². The van der Waals surface area contributed by atoms with Gasteiger partial charge in [-0.15, -0.1) is 11.3 Å². The van der Waals surface area contributed by atoms with Gasteiger partial charge in [0, 0.05) is 4.88 Å². The summed E-state index contributed by atoms with van der Waals surface area (Å²) in [5, 5.41) is 3.38. The molecule has 0 radical (unpaired) electrons. The van der Waals surface area contributed by atoms with E-state index in [-0.39, 0.29) is 23.8 Å². The Morgan fingerprint density at radius 2 is 1.86 bits per heavy atom. The van der Waals surface area contributed by atoms with Gasteiger partial charge < -0.3 is 14.8 Å². The Bertz CT molecular complexity index is 835. The molecule has 0 saturated carbocycles. The van der Waals surface area contributed by atoms with Crippen LogP contribution in [0.3, 0.4) is 0 Å². The predicted molar refractivity (Wildman–Crippen MR) is 114 cm³/mol. The minimum atomic E-state index is -0.428. The third-order valence-corrected chi connectivity index (χ3v) is 5.51. The first-order valence-electron chi connectivity index (χ1n) is 9.41. The van der Waals surface area contributed by atoms with E-state index in [0.717, 1.165) is 11.3 Å². The molecule has 0 aliphatic carbocycles. The van der Waals surface area contributed by atoms with Crippen LogP contribution >= 0.6 is 11.3 Å². The second kappa shape index (κ2) is 9.24. The van der Waals surface area contributed by atoms with E-state index in [1.165, 1.54) is 18.4 Å². The number of esters is 1. The van der Waals surface area contributed by atoms with Gasteiger partial charge >= 0.3 is 5.97 Å². The van der Waals surface area contributed by atoms with Gasteiger partial charge in [-0.2, -0.15) is 0 Å². The molecule has 152 valence electrons. The molecule has 0 saturated heterocycles. The molecular weight excluding hydrogens is 374 g/mol. The Labute approximate surface area is 171 Å². The zero-order valence-corrected chi connectivity index (χ0v) is 18.2. The van der Waals surface area contributed by atoms with Gasteiger partial charge in [-0.1, -0.05) is 39.8 Å². The third kappa shape index (κ3) is 5.58. The van der Waals surface area contributed by atoms with Crippen LogP contribution in [0.25, 0.3) is 0 Å². The Kier molecular flexibility index (Phi) is 7.24. The number of anilines is 1. The van der Waals surface area contributed by atoms with Crippen LogP contribution in [0.1, 0.15) is 72.6 Å². The molecule has 0 spiro atoms. The number of carbonyl (C=O) groups is 2. The minimum Gasteiger partial charge on any atom is -0.496 e. The van der Waals surface area contributed by atoms with E-state index < -0.39 is 5.97 Å². The molecule has 0 aliphatic heterocycles. The lowest BCUT2D eigenvalue weighted by molar-refractivity contribution is 0.0528. The lowest BCUT2D eigenvalue weighted by Gasteiger charge is -2.22. The fraction of sp³-hybridized carbons (Fsp3) is 0.455. The molecule has 1 N–H and O–H groups in total. The summed E-state index contributed by atoms with van der Waals surface area (Å²) in [5.74, 6) is -0.00573. The average molecular weight is 404 g/mol. The molecular formula is C22H29NO4S. The second-order valence-electron chi connectivity index (χ2n) is 7.93. The van der Waals surface area contributed by atoms with Crippen molar-refractivity contribution in [2.24, 2.45) is 5.41 Å². The molecule has 1 aromatic carbocycles. The number of methoxy groups -OCH3 is 1. The third-order valence-electron chi connectivity index (χ3n) is 4.23. The Morgan fingerprint density at radius 3 is 2.46 bits per heavy atom. The van der Waals surface area contributed by atoms with Crippen LogP contribution < -0.4 is 10.1 Å². The maximum absolute atomic E-state index is 12.8. The van der Waals surface area contributed by atoms with Crippen molar-refractivity contribution in [3.63, 3.8) is 0 Å². The van der Waals surface area contributed by atoms with Crippen LogP contribution in [0, 0.1) is 5.41 Å². The van der Waals surface area contributed by atoms with Crippen molar-refractivity contribution in [1.82, 2.24) is 0 Å². The predicted octanol–water partition coefficient (Wildman–Crippen LogP) is 5.73. The van der Waals surface area contributed by atoms with E-state index >= 15 is 0 Å². The van der Waals surface area contributed by atoms with Gasteiger partial charge in [0.05, 0.1) is 24.8 Å². The average Bonchev–Trinajstić information content (AvgIpc) is 3.04. The van der Waals surface area contributed by atoms with Gasteiger partial charge in [0.2, 0.25) is 0 Å². The normalized spacial score (nSPS) is 12.4. The molecule has 6 heteroatoms. The topological polar surface area (TPSA) is 64.6 Å². The maximum atomic E-state index is 12.8. The maximum Gasteiger partial charge on any atom is 0.341 e. The van der Waals surface area contributed by atoms with E-state index in [2.05, 4.69) is 33.0 Å². The summed E-state index contributed by atoms with van der Waals surface area (Å²) < 4.78 is 10.5. The molecule has 2 aromatic rings. The molecule has 1 amide bonds. The van der Waals surface area contributed by atoms with Crippen molar-refractivity contribution in [2.45, 2.75) is 47.0 Å². The van der Waals surface area contributed by atoms with Crippen LogP contribution in [0.2, 0.25) is 0 Å². The van der Waals surface area contributed by atoms with Crippen LogP contribution in [0.5, 0.6) is 5.75 Å². The number of hydrogen-bond acceptors (Lipinski definition) is 5. The van der Waals surface area contributed by atoms with E-state index in [1.807, 2.05) is 6.07 Å². The first-order chi connectivity index (χ1) is 13.2. The minimum absolute atomic E-state index is 0.161. The zero-order chi connectivity index (χ0) is 20.9. The lowest BCUT2D eigenvalue weighted by atomic mass is 9.85. The van der Waals surface area contributed by atoms with Gasteiger partial charge in [-0.3, -0.25) is 4.79 Å². The van der Waals surface area contributed by atoms with Crippen LogP contribution in [-0.2, 0) is 4.74 Å². The molecule has 1 atom stereocenters. The summed E-state index contributed by atoms with van der Waals surface area (Å²) in [6.07, 6.45) is 0.968. The van der Waals surface area contributed by atoms with Crippen molar-refractivity contribution < 1.29 is 19.1 Å². The van der Waals surface area contributed by atoms with E-state index in [1.54, 1.807) is 31.2 Å². The molecule has 0 unspecified atom stereocenters. The van der Waals surface area contributed by atoms with Gasteiger partial charge in [0.25, 0.3) is 5.91 Å². The number of hydrogen-bond donors (Lipinski definition) is 1. The van der Waals surface area contributed by atoms with Crippen molar-refractivity contribution in [3.8, 4) is 5.75 Å². The summed E-state index contributed by atoms with van der Waals surface area (Å²) in [6, 6.07) is 8.84. The Balaban J connectivity index is 2.35. The monoisotopic (exact) mass is 403 g/mol. The largest absolute Gasteiger partial charge is 0.496 e. The number of thiophene rings is 1. The number of rotatable bonds is 7. The molecule has 28 heavy (non-hydrogen) atoms. The molecule has 0 bridgehead atoms. The first kappa shape index (κ1) is 22.0. The fourth-order valence-corrected chi connectivity index (χ4v) is 4.22. The van der Waals surface area contributed by atoms with E-state index in [9.17, 15) is 9.59 Å². The van der Waals surface area contributed by atoms with E-state index in [0.29, 0.717) is 21.9 Å². The highest BCUT2D eigenvalue weighted by atomic mass is 32.1. The lowest BCUT2D eigenvalue weighted by Crippen LogP contribution is -2.15. The number of carbonyl (C=O) groups excluding carboxylic acids is 2. The molecule has 5 nitrogen and oxygen atoms in total. The quantitative estimate of drug-likeness (QED) is 0.600. The smallest absolute Gasteiger partial charge is 0.341 e. The van der Waals surface area contributed by atoms with Crippen molar-refractivity contribution >= 4 is 28.2 Å². The summed E-state index contributed by atoms with van der Waals surface area (Å²) in [7, 11) is 1.52. The molecule has 1 aromatic heterocycles. The summed E-state index contributed by atoms with van der Waals surface area (Å²) in [5.41, 5.74) is 0.970. The van der Waals surface area contributed by atoms with Gasteiger partial charge in [0.15, 0.2) is 0 Å². The highest BCUT2D eigenvalue weighted by Crippen LogP contribution is 2.39. The van der Waals surface area contributed by atoms with Gasteiger partial charge in [0.1, 0.15) is 10.8 Å². The molecule has 0 fully saturated rings. The number of benzene rings is 1. The van der Waals surface area contributed by atoms with E-state index in [4.69, 9.17) is 9.47 Å². The Morgan fingerprint density at radius 1 is 1.18 bits per heavy atom. The molecule has 0 aliphatic rings. The second-order valence-corrected chi connectivity index (χ2v) is 9.02. The first-order valence-corrected chi connectivity index (χ1v) is 10.2. The highest BCUT2D eigenvalue weighted by Gasteiger charge is 2.24. The Hall–Kier alpha value is -2.34. The van der Waals surface area contributed by atoms with Crippen molar-refractivity contribution in [2.75, 3.05) is 19.0 Å². The number of ether oxygens (including phenoxy) is 2. The summed E-state index contributed by atoms with van der Waals surface area (Å²) in [6.45, 7) is 10.7. The molecule has 1 heterocycles. The van der Waals surface area contributed by atoms with Gasteiger partial charge in [-0.05, 0) is 42.9 Å².